The molecule has 1 unspecified atom stereocenters. The molecule has 2 N–H and O–H groups in total. The van der Waals surface area contributed by atoms with E-state index < -0.39 is 58.9 Å². The number of ether oxygens (including phenoxy) is 2. The number of aryl methyl sites for hydroxylation is 1. The maximum Gasteiger partial charge on any atom is 0.419 e. The van der Waals surface area contributed by atoms with Gasteiger partial charge in [-0.3, -0.25) is 9.59 Å². The number of pyridine rings is 1. The van der Waals surface area contributed by atoms with E-state index in [-0.39, 0.29) is 68.0 Å². The lowest BCUT2D eigenvalue weighted by molar-refractivity contribution is -0.117. The Kier molecular flexibility index (Phi) is 11.6. The number of aromatic nitrogens is 4. The fourth-order valence-electron chi connectivity index (χ4n) is 7.37. The molecule has 3 aromatic carbocycles. The minimum absolute atomic E-state index is 0.0224. The first-order valence-electron chi connectivity index (χ1n) is 19.4. The van der Waals surface area contributed by atoms with Crippen molar-refractivity contribution in [2.75, 3.05) is 36.4 Å². The first kappa shape index (κ1) is 41.1. The van der Waals surface area contributed by atoms with Crippen molar-refractivity contribution in [1.29, 1.82) is 0 Å². The highest BCUT2D eigenvalue weighted by molar-refractivity contribution is 5.98. The number of amides is 4. The number of aromatic carboxylic acids is 1. The highest BCUT2D eigenvalue weighted by Crippen LogP contribution is 2.37. The number of carboxylic acid groups (broad SMARTS) is 1. The number of nitrogens with one attached hydrogen (secondary N) is 1. The molecule has 2 atom stereocenters. The summed E-state index contributed by atoms with van der Waals surface area (Å²) in [6.07, 6.45) is -0.127. The van der Waals surface area contributed by atoms with Crippen LogP contribution in [-0.2, 0) is 34.0 Å². The Labute approximate surface area is 342 Å². The van der Waals surface area contributed by atoms with Gasteiger partial charge in [-0.15, -0.1) is 10.2 Å². The predicted octanol–water partition coefficient (Wildman–Crippen LogP) is 5.97. The van der Waals surface area contributed by atoms with E-state index in [2.05, 4.69) is 15.5 Å². The average Bonchev–Trinajstić information content (AvgIpc) is 3.81. The summed E-state index contributed by atoms with van der Waals surface area (Å²) in [6, 6.07) is 16.9. The number of piperazine rings is 1. The van der Waals surface area contributed by atoms with Crippen LogP contribution in [-0.4, -0.2) is 90.5 Å². The molecule has 18 heteroatoms. The number of anilines is 2. The summed E-state index contributed by atoms with van der Waals surface area (Å²) in [7, 11) is 0. The molecule has 7 rings (SSSR count). The molecule has 0 saturated carbocycles. The number of carbonyl (C=O) groups is 5. The number of imide groups is 1. The van der Waals surface area contributed by atoms with Crippen molar-refractivity contribution < 1.29 is 42.9 Å². The van der Waals surface area contributed by atoms with E-state index in [1.54, 1.807) is 59.7 Å². The lowest BCUT2D eigenvalue weighted by Crippen LogP contribution is -2.49. The molecule has 2 aromatic heterocycles. The first-order chi connectivity index (χ1) is 28.8. The number of hydrogen-bond acceptors (Lipinski definition) is 11. The molecule has 2 aliphatic rings. The summed E-state index contributed by atoms with van der Waals surface area (Å²) >= 11 is 0. The van der Waals surface area contributed by atoms with Gasteiger partial charge in [0.2, 0.25) is 11.3 Å². The van der Waals surface area contributed by atoms with Crippen LogP contribution in [0.1, 0.15) is 72.8 Å². The molecule has 60 heavy (non-hydrogen) atoms. The van der Waals surface area contributed by atoms with Gasteiger partial charge in [0, 0.05) is 50.0 Å². The molecule has 0 aliphatic carbocycles. The van der Waals surface area contributed by atoms with Crippen molar-refractivity contribution in [1.82, 2.24) is 29.1 Å². The molecule has 5 aromatic rings. The van der Waals surface area contributed by atoms with Gasteiger partial charge in [0.1, 0.15) is 30.6 Å². The quantitative estimate of drug-likeness (QED) is 0.159. The van der Waals surface area contributed by atoms with Crippen LogP contribution in [0.2, 0.25) is 0 Å². The molecule has 2 aliphatic heterocycles. The van der Waals surface area contributed by atoms with E-state index in [0.29, 0.717) is 23.3 Å². The van der Waals surface area contributed by atoms with E-state index in [0.717, 1.165) is 16.5 Å². The van der Waals surface area contributed by atoms with Gasteiger partial charge >= 0.3 is 24.2 Å². The number of rotatable bonds is 11. The average molecular weight is 823 g/mol. The Morgan fingerprint density at radius 2 is 1.53 bits per heavy atom. The number of nitrogens with zero attached hydrogens (tertiary/aromatic N) is 7. The standard InChI is InChI=1S/C42H43FN8O9/c1-5-47-21-30(39(54)55)35(52)29-19-31(43)33(20-32(29)47)48-15-17-49(18-16-48)41(57)59-23-27-11-13-28(14-12-27)44-38(53)25(4)36-45-46-37-34(24(2)3)50(40(56)51(36)37)42(58)60-22-26-9-7-6-8-10-26/h6-14,19-21,24-25,34H,5,15-18,22-23H2,1-4H3,(H,44,53)(H,54,55)/t25-,34?/m0/s1. The normalized spacial score (nSPS) is 15.6. The zero-order valence-corrected chi connectivity index (χ0v) is 33.3. The third kappa shape index (κ3) is 7.99. The largest absolute Gasteiger partial charge is 0.477 e. The molecule has 312 valence electrons. The summed E-state index contributed by atoms with van der Waals surface area (Å²) in [6.45, 7) is 8.41. The van der Waals surface area contributed by atoms with Gasteiger partial charge in [0.25, 0.3) is 0 Å². The van der Waals surface area contributed by atoms with Crippen LogP contribution >= 0.6 is 0 Å². The topological polar surface area (TPSA) is 198 Å². The lowest BCUT2D eigenvalue weighted by Gasteiger charge is -2.35. The molecule has 0 radical (unpaired) electrons. The lowest BCUT2D eigenvalue weighted by atomic mass is 10.0. The van der Waals surface area contributed by atoms with E-state index in [1.165, 1.54) is 21.7 Å². The van der Waals surface area contributed by atoms with Crippen molar-refractivity contribution in [2.24, 2.45) is 5.92 Å². The van der Waals surface area contributed by atoms with Crippen molar-refractivity contribution >= 4 is 52.4 Å². The third-order valence-corrected chi connectivity index (χ3v) is 10.6. The molecule has 0 bridgehead atoms. The molecular weight excluding hydrogens is 780 g/mol. The second kappa shape index (κ2) is 17.0. The Bertz CT molecular complexity index is 2530. The molecule has 1 saturated heterocycles. The van der Waals surface area contributed by atoms with Crippen LogP contribution in [0.15, 0.2) is 77.7 Å². The van der Waals surface area contributed by atoms with Gasteiger partial charge in [-0.1, -0.05) is 56.3 Å². The van der Waals surface area contributed by atoms with Crippen molar-refractivity contribution in [3.8, 4) is 0 Å². The molecule has 1 fully saturated rings. The number of fused-ring (bicyclic) bond motifs is 2. The molecule has 0 spiro atoms. The summed E-state index contributed by atoms with van der Waals surface area (Å²) in [5, 5.41) is 20.6. The predicted molar refractivity (Wildman–Crippen MR) is 215 cm³/mol. The SMILES string of the molecule is CCn1cc(C(=O)O)c(=O)c2cc(F)c(N3CCN(C(=O)OCc4ccc(NC(=O)[C@@H](C)c5nnc6n5C(=O)N(C(=O)OCc5ccccc5)C6C(C)C)cc4)CC3)cc21. The maximum absolute atomic E-state index is 15.3. The van der Waals surface area contributed by atoms with Gasteiger partial charge in [-0.25, -0.2) is 33.0 Å². The molecular formula is C42H43FN8O9. The molecule has 4 amide bonds. The number of benzene rings is 3. The van der Waals surface area contributed by atoms with Gasteiger partial charge in [-0.2, -0.15) is 0 Å². The second-order valence-electron chi connectivity index (χ2n) is 14.9. The van der Waals surface area contributed by atoms with Crippen LogP contribution in [0.25, 0.3) is 10.9 Å². The number of halogens is 1. The van der Waals surface area contributed by atoms with Crippen molar-refractivity contribution in [2.45, 2.75) is 59.4 Å². The van der Waals surface area contributed by atoms with Gasteiger partial charge in [0.05, 0.1) is 17.1 Å². The number of hydrogen-bond donors (Lipinski definition) is 2. The second-order valence-corrected chi connectivity index (χ2v) is 14.9. The molecule has 17 nitrogen and oxygen atoms in total. The van der Waals surface area contributed by atoms with Gasteiger partial charge in [-0.05, 0) is 55.2 Å². The number of carboxylic acids is 1. The summed E-state index contributed by atoms with van der Waals surface area (Å²) in [4.78, 5) is 81.8. The van der Waals surface area contributed by atoms with Crippen molar-refractivity contribution in [3.05, 3.63) is 117 Å². The van der Waals surface area contributed by atoms with Crippen LogP contribution in [0.5, 0.6) is 0 Å². The smallest absolute Gasteiger partial charge is 0.419 e. The van der Waals surface area contributed by atoms with E-state index in [1.807, 2.05) is 32.0 Å². The van der Waals surface area contributed by atoms with E-state index in [9.17, 15) is 33.9 Å². The Morgan fingerprint density at radius 1 is 0.883 bits per heavy atom. The van der Waals surface area contributed by atoms with Crippen LogP contribution in [0.3, 0.4) is 0 Å². The van der Waals surface area contributed by atoms with Crippen LogP contribution in [0.4, 0.5) is 30.1 Å². The summed E-state index contributed by atoms with van der Waals surface area (Å²) in [5.74, 6) is -3.37. The Morgan fingerprint density at radius 3 is 2.17 bits per heavy atom. The Balaban J connectivity index is 0.923. The van der Waals surface area contributed by atoms with E-state index >= 15 is 4.39 Å². The minimum Gasteiger partial charge on any atom is -0.477 e. The number of carbonyl (C=O) groups excluding carboxylic acids is 4. The van der Waals surface area contributed by atoms with Crippen LogP contribution in [0, 0.1) is 11.7 Å². The van der Waals surface area contributed by atoms with Crippen molar-refractivity contribution in [3.63, 3.8) is 0 Å². The Hall–Kier alpha value is -7.11. The highest BCUT2D eigenvalue weighted by Gasteiger charge is 2.47. The first-order valence-corrected chi connectivity index (χ1v) is 19.4. The third-order valence-electron chi connectivity index (χ3n) is 10.6. The zero-order valence-electron chi connectivity index (χ0n) is 33.3. The molecule has 4 heterocycles. The highest BCUT2D eigenvalue weighted by atomic mass is 19.1. The van der Waals surface area contributed by atoms with Crippen LogP contribution < -0.4 is 15.6 Å². The summed E-state index contributed by atoms with van der Waals surface area (Å²) in [5.41, 5.74) is 1.31. The minimum atomic E-state index is -1.38. The summed E-state index contributed by atoms with van der Waals surface area (Å²) < 4.78 is 29.1. The zero-order chi connectivity index (χ0) is 42.8. The van der Waals surface area contributed by atoms with E-state index in [4.69, 9.17) is 9.47 Å². The maximum atomic E-state index is 15.3. The fourth-order valence-corrected chi connectivity index (χ4v) is 7.37. The fraction of sp³-hybridized carbons (Fsp3) is 0.333. The van der Waals surface area contributed by atoms with Gasteiger partial charge < -0.3 is 34.3 Å². The van der Waals surface area contributed by atoms with Gasteiger partial charge in [0.15, 0.2) is 11.6 Å². The monoisotopic (exact) mass is 822 g/mol.